The van der Waals surface area contributed by atoms with E-state index in [4.69, 9.17) is 9.47 Å². The second kappa shape index (κ2) is 9.05. The highest BCUT2D eigenvalue weighted by atomic mass is 16.6. The van der Waals surface area contributed by atoms with Crippen molar-refractivity contribution in [2.75, 3.05) is 13.2 Å². The van der Waals surface area contributed by atoms with Crippen molar-refractivity contribution in [3.05, 3.63) is 29.8 Å². The minimum absolute atomic E-state index is 0.164. The van der Waals surface area contributed by atoms with Gasteiger partial charge in [-0.15, -0.1) is 0 Å². The van der Waals surface area contributed by atoms with Crippen molar-refractivity contribution in [3.63, 3.8) is 0 Å². The Hall–Kier alpha value is -2.37. The largest absolute Gasteiger partial charge is 0.482 e. The quantitative estimate of drug-likeness (QED) is 0.610. The Kier molecular flexibility index (Phi) is 6.78. The molecule has 1 N–H and O–H groups in total. The normalized spacial score (nSPS) is 20.0. The smallest absolute Gasteiger partial charge is 0.344 e. The van der Waals surface area contributed by atoms with Crippen LogP contribution in [-0.2, 0) is 14.3 Å². The fourth-order valence-electron chi connectivity index (χ4n) is 2.75. The van der Waals surface area contributed by atoms with Crippen LogP contribution in [0.25, 0.3) is 0 Å². The molecule has 0 bridgehead atoms. The number of hydrogen-bond donors (Lipinski definition) is 1. The van der Waals surface area contributed by atoms with Crippen LogP contribution in [0.1, 0.15) is 43.0 Å². The Morgan fingerprint density at radius 3 is 2.54 bits per heavy atom. The second-order valence-electron chi connectivity index (χ2n) is 6.07. The Morgan fingerprint density at radius 1 is 1.17 bits per heavy atom. The third-order valence-corrected chi connectivity index (χ3v) is 4.19. The number of rotatable bonds is 7. The summed E-state index contributed by atoms with van der Waals surface area (Å²) in [5.74, 6) is 0.0212. The number of carbonyl (C=O) groups is 3. The van der Waals surface area contributed by atoms with Crippen molar-refractivity contribution in [3.8, 4) is 5.75 Å². The highest BCUT2D eigenvalue weighted by Crippen LogP contribution is 2.23. The number of aldehydes is 1. The SMILES string of the molecule is C[C@H]1CCCC[C@H]1NC(=O)COC(=O)COc1ccc(C=O)cc1. The third-order valence-electron chi connectivity index (χ3n) is 4.19. The molecule has 1 saturated carbocycles. The monoisotopic (exact) mass is 333 g/mol. The summed E-state index contributed by atoms with van der Waals surface area (Å²) in [6, 6.07) is 6.53. The maximum atomic E-state index is 11.8. The van der Waals surface area contributed by atoms with Gasteiger partial charge in [0.25, 0.3) is 5.91 Å². The van der Waals surface area contributed by atoms with Crippen molar-refractivity contribution >= 4 is 18.2 Å². The molecular formula is C18H23NO5. The molecule has 0 radical (unpaired) electrons. The molecule has 0 unspecified atom stereocenters. The number of benzene rings is 1. The second-order valence-corrected chi connectivity index (χ2v) is 6.07. The summed E-state index contributed by atoms with van der Waals surface area (Å²) >= 11 is 0. The summed E-state index contributed by atoms with van der Waals surface area (Å²) in [6.07, 6.45) is 5.13. The minimum atomic E-state index is -0.610. The molecule has 1 aliphatic rings. The summed E-state index contributed by atoms with van der Waals surface area (Å²) < 4.78 is 10.2. The van der Waals surface area contributed by atoms with Crippen LogP contribution in [0.15, 0.2) is 24.3 Å². The van der Waals surface area contributed by atoms with Crippen molar-refractivity contribution in [1.82, 2.24) is 5.32 Å². The minimum Gasteiger partial charge on any atom is -0.482 e. The van der Waals surface area contributed by atoms with Crippen molar-refractivity contribution in [1.29, 1.82) is 0 Å². The van der Waals surface area contributed by atoms with E-state index in [1.54, 1.807) is 24.3 Å². The topological polar surface area (TPSA) is 81.7 Å². The maximum absolute atomic E-state index is 11.8. The van der Waals surface area contributed by atoms with Gasteiger partial charge < -0.3 is 14.8 Å². The number of esters is 1. The van der Waals surface area contributed by atoms with E-state index in [1.165, 1.54) is 6.42 Å². The number of carbonyl (C=O) groups excluding carboxylic acids is 3. The average Bonchev–Trinajstić information content (AvgIpc) is 2.60. The molecule has 0 heterocycles. The zero-order valence-corrected chi connectivity index (χ0v) is 13.8. The molecule has 6 heteroatoms. The van der Waals surface area contributed by atoms with Gasteiger partial charge in [-0.2, -0.15) is 0 Å². The lowest BCUT2D eigenvalue weighted by Gasteiger charge is -2.29. The molecule has 1 aromatic rings. The molecule has 1 aliphatic carbocycles. The van der Waals surface area contributed by atoms with E-state index in [1.807, 2.05) is 0 Å². The molecule has 2 atom stereocenters. The molecule has 0 spiro atoms. The first-order chi connectivity index (χ1) is 11.6. The van der Waals surface area contributed by atoms with Gasteiger partial charge >= 0.3 is 5.97 Å². The highest BCUT2D eigenvalue weighted by Gasteiger charge is 2.23. The van der Waals surface area contributed by atoms with Crippen LogP contribution in [0, 0.1) is 5.92 Å². The average molecular weight is 333 g/mol. The van der Waals surface area contributed by atoms with Gasteiger partial charge in [-0.25, -0.2) is 4.79 Å². The summed E-state index contributed by atoms with van der Waals surface area (Å²) in [6.45, 7) is 1.54. The summed E-state index contributed by atoms with van der Waals surface area (Å²) in [4.78, 5) is 34.0. The van der Waals surface area contributed by atoms with Gasteiger partial charge in [-0.1, -0.05) is 19.8 Å². The third kappa shape index (κ3) is 5.68. The molecular weight excluding hydrogens is 310 g/mol. The van der Waals surface area contributed by atoms with Gasteiger partial charge in [0.15, 0.2) is 13.2 Å². The molecule has 6 nitrogen and oxygen atoms in total. The Morgan fingerprint density at radius 2 is 1.88 bits per heavy atom. The summed E-state index contributed by atoms with van der Waals surface area (Å²) in [7, 11) is 0. The van der Waals surface area contributed by atoms with E-state index in [9.17, 15) is 14.4 Å². The van der Waals surface area contributed by atoms with Crippen LogP contribution >= 0.6 is 0 Å². The van der Waals surface area contributed by atoms with E-state index < -0.39 is 5.97 Å². The van der Waals surface area contributed by atoms with Gasteiger partial charge in [0, 0.05) is 11.6 Å². The van der Waals surface area contributed by atoms with Crippen LogP contribution in [0.3, 0.4) is 0 Å². The molecule has 1 aromatic carbocycles. The van der Waals surface area contributed by atoms with Gasteiger partial charge in [0.05, 0.1) is 0 Å². The fourth-order valence-corrected chi connectivity index (χ4v) is 2.75. The van der Waals surface area contributed by atoms with E-state index in [-0.39, 0.29) is 25.2 Å². The molecule has 2 rings (SSSR count). The first kappa shape index (κ1) is 18.0. The molecule has 0 aliphatic heterocycles. The number of amides is 1. The van der Waals surface area contributed by atoms with Gasteiger partial charge in [-0.3, -0.25) is 9.59 Å². The van der Waals surface area contributed by atoms with E-state index in [0.717, 1.165) is 25.5 Å². The van der Waals surface area contributed by atoms with Crippen LogP contribution in [-0.4, -0.2) is 37.4 Å². The molecule has 1 fully saturated rings. The molecule has 0 saturated heterocycles. The standard InChI is InChI=1S/C18H23NO5/c1-13-4-2-3-5-16(13)19-17(21)11-24-18(22)12-23-15-8-6-14(10-20)7-9-15/h6-10,13,16H,2-5,11-12H2,1H3,(H,19,21)/t13-,16+/m0/s1. The zero-order chi connectivity index (χ0) is 17.4. The lowest BCUT2D eigenvalue weighted by Crippen LogP contribution is -2.43. The lowest BCUT2D eigenvalue weighted by molar-refractivity contribution is -0.150. The van der Waals surface area contributed by atoms with Gasteiger partial charge in [-0.05, 0) is 43.0 Å². The molecule has 24 heavy (non-hydrogen) atoms. The highest BCUT2D eigenvalue weighted by molar-refractivity contribution is 5.81. The lowest BCUT2D eigenvalue weighted by atomic mass is 9.86. The van der Waals surface area contributed by atoms with Crippen molar-refractivity contribution in [2.24, 2.45) is 5.92 Å². The Bertz CT molecular complexity index is 569. The van der Waals surface area contributed by atoms with Crippen LogP contribution in [0.4, 0.5) is 0 Å². The van der Waals surface area contributed by atoms with Crippen molar-refractivity contribution < 1.29 is 23.9 Å². The molecule has 130 valence electrons. The molecule has 1 amide bonds. The first-order valence-corrected chi connectivity index (χ1v) is 8.21. The van der Waals surface area contributed by atoms with Gasteiger partial charge in [0.2, 0.25) is 0 Å². The van der Waals surface area contributed by atoms with E-state index in [2.05, 4.69) is 12.2 Å². The maximum Gasteiger partial charge on any atom is 0.344 e. The Balaban J connectivity index is 1.66. The first-order valence-electron chi connectivity index (χ1n) is 8.21. The van der Waals surface area contributed by atoms with Crippen molar-refractivity contribution in [2.45, 2.75) is 38.6 Å². The number of ether oxygens (including phenoxy) is 2. The summed E-state index contributed by atoms with van der Waals surface area (Å²) in [5.41, 5.74) is 0.526. The van der Waals surface area contributed by atoms with Gasteiger partial charge in [0.1, 0.15) is 12.0 Å². The summed E-state index contributed by atoms with van der Waals surface area (Å²) in [5, 5.41) is 2.92. The van der Waals surface area contributed by atoms with E-state index in [0.29, 0.717) is 17.2 Å². The number of hydrogen-bond acceptors (Lipinski definition) is 5. The zero-order valence-electron chi connectivity index (χ0n) is 13.8. The predicted octanol–water partition coefficient (Wildman–Crippen LogP) is 2.12. The molecule has 0 aromatic heterocycles. The number of nitrogens with one attached hydrogen (secondary N) is 1. The van der Waals surface area contributed by atoms with Crippen LogP contribution in [0.2, 0.25) is 0 Å². The Labute approximate surface area is 141 Å². The van der Waals surface area contributed by atoms with Crippen LogP contribution in [0.5, 0.6) is 5.75 Å². The predicted molar refractivity (Wildman–Crippen MR) is 87.8 cm³/mol. The fraction of sp³-hybridized carbons (Fsp3) is 0.500. The van der Waals surface area contributed by atoms with Crippen LogP contribution < -0.4 is 10.1 Å². The van der Waals surface area contributed by atoms with E-state index >= 15 is 0 Å².